The SMILES string of the molecule is N#Cc1ccc(CS(=O)c2ccc(C#Cc3ccc(C(F)(F)C(O)(Cn4cnnn4)c4ccc(F)cc4F)nc3)cc2)cc1F. The first kappa shape index (κ1) is 31.1. The highest BCUT2D eigenvalue weighted by atomic mass is 32.2. The van der Waals surface area contributed by atoms with Crippen molar-refractivity contribution in [3.8, 4) is 17.9 Å². The van der Waals surface area contributed by atoms with Gasteiger partial charge in [0.1, 0.15) is 35.5 Å². The fourth-order valence-corrected chi connectivity index (χ4v) is 5.43. The average Bonchev–Trinajstić information content (AvgIpc) is 3.53. The van der Waals surface area contributed by atoms with Gasteiger partial charge in [-0.05, 0) is 76.7 Å². The number of aromatic nitrogens is 5. The Bertz CT molecular complexity index is 1970. The van der Waals surface area contributed by atoms with E-state index in [0.29, 0.717) is 22.1 Å². The van der Waals surface area contributed by atoms with Crippen LogP contribution in [0, 0.1) is 40.6 Å². The normalized spacial score (nSPS) is 13.3. The molecule has 2 unspecified atom stereocenters. The fraction of sp³-hybridized carbons (Fsp3) is 0.129. The molecule has 0 spiro atoms. The fourth-order valence-electron chi connectivity index (χ4n) is 4.34. The first-order valence-electron chi connectivity index (χ1n) is 12.9. The molecule has 1 N–H and O–H groups in total. The van der Waals surface area contributed by atoms with E-state index in [-0.39, 0.29) is 16.9 Å². The number of nitriles is 1. The van der Waals surface area contributed by atoms with Crippen molar-refractivity contribution in [2.75, 3.05) is 0 Å². The van der Waals surface area contributed by atoms with Crippen LogP contribution in [0.4, 0.5) is 22.0 Å². The predicted octanol–water partition coefficient (Wildman–Crippen LogP) is 4.74. The van der Waals surface area contributed by atoms with Crippen LogP contribution in [0.15, 0.2) is 90.2 Å². The van der Waals surface area contributed by atoms with Crippen molar-refractivity contribution in [2.45, 2.75) is 28.7 Å². The summed E-state index contributed by atoms with van der Waals surface area (Å²) in [4.78, 5) is 4.23. The summed E-state index contributed by atoms with van der Waals surface area (Å²) < 4.78 is 87.4. The molecule has 226 valence electrons. The standard InChI is InChI=1S/C31H19F5N6O2S/c32-24-8-11-26(28(34)14-24)30(43,18-42-19-39-40-41-42)31(35,36)29-12-6-21(16-38-29)2-1-20-4-9-25(10-5-20)45(44)17-22-3-7-23(15-37)27(33)13-22/h3-14,16,19,43H,17-18H2. The highest BCUT2D eigenvalue weighted by Gasteiger charge is 2.58. The predicted molar refractivity (Wildman–Crippen MR) is 150 cm³/mol. The Morgan fingerprint density at radius 3 is 2.27 bits per heavy atom. The van der Waals surface area contributed by atoms with Gasteiger partial charge in [-0.2, -0.15) is 14.0 Å². The van der Waals surface area contributed by atoms with Gasteiger partial charge in [0.2, 0.25) is 0 Å². The van der Waals surface area contributed by atoms with E-state index in [0.717, 1.165) is 35.4 Å². The Kier molecular flexibility index (Phi) is 8.81. The lowest BCUT2D eigenvalue weighted by Crippen LogP contribution is -2.48. The van der Waals surface area contributed by atoms with E-state index in [9.17, 15) is 22.5 Å². The van der Waals surface area contributed by atoms with E-state index < -0.39 is 57.6 Å². The molecule has 14 heteroatoms. The molecule has 2 atom stereocenters. The molecule has 45 heavy (non-hydrogen) atoms. The van der Waals surface area contributed by atoms with E-state index in [1.165, 1.54) is 24.3 Å². The van der Waals surface area contributed by atoms with Crippen LogP contribution in [0.2, 0.25) is 0 Å². The van der Waals surface area contributed by atoms with Crippen LogP contribution < -0.4 is 0 Å². The van der Waals surface area contributed by atoms with Crippen molar-refractivity contribution in [2.24, 2.45) is 0 Å². The molecule has 0 saturated carbocycles. The van der Waals surface area contributed by atoms with Crippen molar-refractivity contribution >= 4 is 10.8 Å². The molecule has 8 nitrogen and oxygen atoms in total. The summed E-state index contributed by atoms with van der Waals surface area (Å²) in [5.74, 6) is -1.67. The summed E-state index contributed by atoms with van der Waals surface area (Å²) in [6.07, 6.45) is 2.00. The summed E-state index contributed by atoms with van der Waals surface area (Å²) in [5.41, 5.74) is -3.96. The summed E-state index contributed by atoms with van der Waals surface area (Å²) >= 11 is 0. The first-order valence-corrected chi connectivity index (χ1v) is 14.2. The minimum atomic E-state index is -4.21. The van der Waals surface area contributed by atoms with Crippen LogP contribution in [-0.4, -0.2) is 34.5 Å². The number of aliphatic hydroxyl groups is 1. The molecule has 0 amide bonds. The van der Waals surface area contributed by atoms with Crippen LogP contribution in [0.1, 0.15) is 33.5 Å². The van der Waals surface area contributed by atoms with Gasteiger partial charge in [0.25, 0.3) is 0 Å². The minimum absolute atomic E-state index is 0.0367. The topological polar surface area (TPSA) is 118 Å². The maximum absolute atomic E-state index is 15.9. The second kappa shape index (κ2) is 12.7. The number of rotatable bonds is 8. The van der Waals surface area contributed by atoms with E-state index >= 15 is 8.78 Å². The molecular formula is C31H19F5N6O2S. The number of alkyl halides is 2. The molecule has 5 rings (SSSR count). The summed E-state index contributed by atoms with van der Waals surface area (Å²) in [6.45, 7) is -0.982. The second-order valence-corrected chi connectivity index (χ2v) is 11.1. The van der Waals surface area contributed by atoms with E-state index in [4.69, 9.17) is 5.26 Å². The lowest BCUT2D eigenvalue weighted by atomic mass is 9.84. The Hall–Kier alpha value is -5.31. The van der Waals surface area contributed by atoms with Crippen molar-refractivity contribution in [1.82, 2.24) is 25.2 Å². The van der Waals surface area contributed by atoms with Crippen molar-refractivity contribution in [1.29, 1.82) is 5.26 Å². The molecule has 0 radical (unpaired) electrons. The van der Waals surface area contributed by atoms with Gasteiger partial charge in [-0.1, -0.05) is 17.9 Å². The monoisotopic (exact) mass is 634 g/mol. The highest BCUT2D eigenvalue weighted by Crippen LogP contribution is 2.46. The third-order valence-electron chi connectivity index (χ3n) is 6.68. The molecule has 0 aliphatic rings. The molecule has 0 aliphatic carbocycles. The lowest BCUT2D eigenvalue weighted by molar-refractivity contribution is -0.207. The van der Waals surface area contributed by atoms with Gasteiger partial charge >= 0.3 is 5.92 Å². The van der Waals surface area contributed by atoms with Gasteiger partial charge in [-0.25, -0.2) is 17.9 Å². The maximum Gasteiger partial charge on any atom is 0.323 e. The van der Waals surface area contributed by atoms with Crippen molar-refractivity contribution in [3.63, 3.8) is 0 Å². The molecule has 0 aliphatic heterocycles. The third kappa shape index (κ3) is 6.62. The van der Waals surface area contributed by atoms with Crippen molar-refractivity contribution in [3.05, 3.63) is 136 Å². The van der Waals surface area contributed by atoms with Gasteiger partial charge < -0.3 is 5.11 Å². The van der Waals surface area contributed by atoms with Crippen molar-refractivity contribution < 1.29 is 31.3 Å². The molecule has 0 fully saturated rings. The van der Waals surface area contributed by atoms with Crippen LogP contribution in [0.25, 0.3) is 0 Å². The highest BCUT2D eigenvalue weighted by molar-refractivity contribution is 7.84. The number of tetrazole rings is 1. The lowest BCUT2D eigenvalue weighted by Gasteiger charge is -2.35. The second-order valence-electron chi connectivity index (χ2n) is 9.69. The first-order chi connectivity index (χ1) is 21.5. The molecule has 0 bridgehead atoms. The molecule has 5 aromatic rings. The van der Waals surface area contributed by atoms with E-state index in [1.54, 1.807) is 30.3 Å². The Morgan fingerprint density at radius 2 is 1.64 bits per heavy atom. The number of hydrogen-bond donors (Lipinski definition) is 1. The Morgan fingerprint density at radius 1 is 0.911 bits per heavy atom. The zero-order chi connectivity index (χ0) is 32.2. The quantitative estimate of drug-likeness (QED) is 0.194. The van der Waals surface area contributed by atoms with E-state index in [2.05, 4.69) is 32.4 Å². The third-order valence-corrected chi connectivity index (χ3v) is 8.08. The Balaban J connectivity index is 1.33. The van der Waals surface area contributed by atoms with Crippen LogP contribution in [0.5, 0.6) is 0 Å². The molecular weight excluding hydrogens is 615 g/mol. The van der Waals surface area contributed by atoms with Gasteiger partial charge in [-0.3, -0.25) is 9.19 Å². The largest absolute Gasteiger partial charge is 0.377 e. The number of pyridine rings is 1. The average molecular weight is 635 g/mol. The zero-order valence-electron chi connectivity index (χ0n) is 22.8. The minimum Gasteiger partial charge on any atom is -0.377 e. The molecule has 2 heterocycles. The molecule has 0 saturated heterocycles. The summed E-state index contributed by atoms with van der Waals surface area (Å²) in [5, 5.41) is 30.3. The van der Waals surface area contributed by atoms with Gasteiger partial charge in [0, 0.05) is 33.8 Å². The van der Waals surface area contributed by atoms with Gasteiger partial charge in [0.05, 0.1) is 28.7 Å². The number of benzene rings is 3. The molecule has 2 aromatic heterocycles. The van der Waals surface area contributed by atoms with Crippen LogP contribution in [-0.2, 0) is 34.6 Å². The number of halogens is 5. The number of hydrogen-bond acceptors (Lipinski definition) is 7. The summed E-state index contributed by atoms with van der Waals surface area (Å²) in [7, 11) is -1.50. The smallest absolute Gasteiger partial charge is 0.323 e. The maximum atomic E-state index is 15.9. The van der Waals surface area contributed by atoms with Crippen LogP contribution in [0.3, 0.4) is 0 Å². The van der Waals surface area contributed by atoms with Crippen LogP contribution >= 0.6 is 0 Å². The van der Waals surface area contributed by atoms with E-state index in [1.807, 2.05) is 0 Å². The van der Waals surface area contributed by atoms with Gasteiger partial charge in [-0.15, -0.1) is 5.10 Å². The summed E-state index contributed by atoms with van der Waals surface area (Å²) in [6, 6.07) is 16.1. The number of nitrogens with zero attached hydrogens (tertiary/aromatic N) is 6. The molecule has 3 aromatic carbocycles. The zero-order valence-corrected chi connectivity index (χ0v) is 23.7. The van der Waals surface area contributed by atoms with Gasteiger partial charge in [0.15, 0.2) is 5.60 Å². The Labute approximate surface area is 255 Å².